The van der Waals surface area contributed by atoms with Gasteiger partial charge in [0.2, 0.25) is 5.91 Å². The van der Waals surface area contributed by atoms with Gasteiger partial charge in [0.1, 0.15) is 0 Å². The Labute approximate surface area is 157 Å². The summed E-state index contributed by atoms with van der Waals surface area (Å²) in [4.78, 5) is 28.7. The zero-order valence-corrected chi connectivity index (χ0v) is 14.5. The first-order valence-corrected chi connectivity index (χ1v) is 8.55. The van der Waals surface area contributed by atoms with Crippen molar-refractivity contribution in [2.45, 2.75) is 25.7 Å². The molecule has 144 valence electrons. The van der Waals surface area contributed by atoms with E-state index in [2.05, 4.69) is 19.8 Å². The van der Waals surface area contributed by atoms with E-state index in [-0.39, 0.29) is 29.4 Å². The molecular weight excluding hydrogens is 372 g/mol. The molecule has 2 heterocycles. The fourth-order valence-corrected chi connectivity index (χ4v) is 2.93. The number of aromatic nitrogens is 2. The summed E-state index contributed by atoms with van der Waals surface area (Å²) in [6, 6.07) is 11.1. The highest BCUT2D eigenvalue weighted by molar-refractivity contribution is 5.91. The number of fused-ring (bicyclic) bond motifs is 2. The van der Waals surface area contributed by atoms with Crippen molar-refractivity contribution in [3.63, 3.8) is 0 Å². The predicted molar refractivity (Wildman–Crippen MR) is 96.5 cm³/mol. The second kappa shape index (κ2) is 6.91. The Balaban J connectivity index is 1.35. The van der Waals surface area contributed by atoms with Gasteiger partial charge in [-0.25, -0.2) is 4.98 Å². The van der Waals surface area contributed by atoms with Gasteiger partial charge in [-0.15, -0.1) is 8.78 Å². The highest BCUT2D eigenvalue weighted by Crippen LogP contribution is 2.42. The topological polar surface area (TPSA) is 82.5 Å². The largest absolute Gasteiger partial charge is 0.586 e. The summed E-state index contributed by atoms with van der Waals surface area (Å²) in [5, 5.41) is 3.13. The lowest BCUT2D eigenvalue weighted by Gasteiger charge is -2.08. The number of hydrogen-bond donors (Lipinski definition) is 1. The van der Waals surface area contributed by atoms with E-state index in [0.29, 0.717) is 29.6 Å². The standard InChI is InChI=1S/C19H15F2N3O4/c20-19(21)27-15-8-7-12(10-16(15)28-19)23-17(25)6-3-9-24-11-22-14-5-2-1-4-13(14)18(24)26/h1-2,4-5,7-8,10-11H,3,6,9H2,(H,23,25). The SMILES string of the molecule is O=C(CCCn1cnc2ccccc2c1=O)Nc1ccc2c(c1)OC(F)(F)O2. The van der Waals surface area contributed by atoms with Crippen molar-refractivity contribution in [2.75, 3.05) is 5.32 Å². The summed E-state index contributed by atoms with van der Waals surface area (Å²) in [5.41, 5.74) is 0.771. The molecule has 9 heteroatoms. The first kappa shape index (κ1) is 17.9. The lowest BCUT2D eigenvalue weighted by Crippen LogP contribution is -2.25. The summed E-state index contributed by atoms with van der Waals surface area (Å²) in [7, 11) is 0. The van der Waals surface area contributed by atoms with E-state index in [0.717, 1.165) is 0 Å². The van der Waals surface area contributed by atoms with Crippen LogP contribution in [0.15, 0.2) is 53.6 Å². The summed E-state index contributed by atoms with van der Waals surface area (Å²) in [5.74, 6) is -0.546. The van der Waals surface area contributed by atoms with Gasteiger partial charge in [0, 0.05) is 24.7 Å². The molecule has 0 atom stereocenters. The lowest BCUT2D eigenvalue weighted by molar-refractivity contribution is -0.286. The fraction of sp³-hybridized carbons (Fsp3) is 0.211. The van der Waals surface area contributed by atoms with Crippen LogP contribution in [0, 0.1) is 0 Å². The van der Waals surface area contributed by atoms with Crippen molar-refractivity contribution in [2.24, 2.45) is 0 Å². The Morgan fingerprint density at radius 2 is 1.93 bits per heavy atom. The average Bonchev–Trinajstić information content (AvgIpc) is 2.97. The van der Waals surface area contributed by atoms with Gasteiger partial charge >= 0.3 is 6.29 Å². The Hall–Kier alpha value is -3.49. The molecule has 2 aromatic carbocycles. The summed E-state index contributed by atoms with van der Waals surface area (Å²) in [6.45, 7) is 0.331. The Bertz CT molecular complexity index is 1110. The smallest absolute Gasteiger partial charge is 0.395 e. The summed E-state index contributed by atoms with van der Waals surface area (Å²) >= 11 is 0. The molecule has 1 aliphatic rings. The number of amides is 1. The lowest BCUT2D eigenvalue weighted by atomic mass is 10.2. The van der Waals surface area contributed by atoms with Crippen LogP contribution in [0.4, 0.5) is 14.5 Å². The third-order valence-electron chi connectivity index (χ3n) is 4.22. The normalized spacial score (nSPS) is 14.2. The molecule has 0 spiro atoms. The van der Waals surface area contributed by atoms with E-state index in [4.69, 9.17) is 0 Å². The second-order valence-electron chi connectivity index (χ2n) is 6.24. The molecule has 3 aromatic rings. The van der Waals surface area contributed by atoms with Gasteiger partial charge in [-0.2, -0.15) is 0 Å². The zero-order chi connectivity index (χ0) is 19.7. The second-order valence-corrected chi connectivity index (χ2v) is 6.24. The van der Waals surface area contributed by atoms with Crippen LogP contribution in [0.25, 0.3) is 10.9 Å². The Morgan fingerprint density at radius 1 is 1.14 bits per heavy atom. The van der Waals surface area contributed by atoms with Crippen LogP contribution in [0.2, 0.25) is 0 Å². The Kier molecular flexibility index (Phi) is 4.42. The van der Waals surface area contributed by atoms with Crippen LogP contribution in [-0.4, -0.2) is 21.8 Å². The molecule has 0 fully saturated rings. The molecule has 1 amide bonds. The van der Waals surface area contributed by atoms with E-state index in [1.807, 2.05) is 0 Å². The molecule has 4 rings (SSSR count). The quantitative estimate of drug-likeness (QED) is 0.727. The molecule has 0 radical (unpaired) electrons. The van der Waals surface area contributed by atoms with Crippen molar-refractivity contribution >= 4 is 22.5 Å². The number of nitrogens with one attached hydrogen (secondary N) is 1. The molecule has 0 aliphatic carbocycles. The van der Waals surface area contributed by atoms with Crippen molar-refractivity contribution in [1.82, 2.24) is 9.55 Å². The third kappa shape index (κ3) is 3.64. The zero-order valence-electron chi connectivity index (χ0n) is 14.5. The summed E-state index contributed by atoms with van der Waals surface area (Å²) < 4.78 is 36.2. The van der Waals surface area contributed by atoms with Gasteiger partial charge in [0.15, 0.2) is 11.5 Å². The molecule has 28 heavy (non-hydrogen) atoms. The van der Waals surface area contributed by atoms with E-state index in [1.165, 1.54) is 29.1 Å². The van der Waals surface area contributed by atoms with Gasteiger partial charge in [0.25, 0.3) is 5.56 Å². The number of para-hydroxylation sites is 1. The number of ether oxygens (including phenoxy) is 2. The molecule has 7 nitrogen and oxygen atoms in total. The van der Waals surface area contributed by atoms with Crippen molar-refractivity contribution in [1.29, 1.82) is 0 Å². The Morgan fingerprint density at radius 3 is 2.79 bits per heavy atom. The van der Waals surface area contributed by atoms with E-state index >= 15 is 0 Å². The molecule has 1 aliphatic heterocycles. The molecule has 1 N–H and O–H groups in total. The monoisotopic (exact) mass is 387 g/mol. The predicted octanol–water partition coefficient (Wildman–Crippen LogP) is 3.14. The van der Waals surface area contributed by atoms with Gasteiger partial charge < -0.3 is 14.8 Å². The minimum Gasteiger partial charge on any atom is -0.395 e. The minimum absolute atomic E-state index is 0.0915. The van der Waals surface area contributed by atoms with E-state index < -0.39 is 6.29 Å². The van der Waals surface area contributed by atoms with Crippen molar-refractivity contribution in [3.05, 3.63) is 59.1 Å². The minimum atomic E-state index is -3.70. The highest BCUT2D eigenvalue weighted by atomic mass is 19.3. The average molecular weight is 387 g/mol. The van der Waals surface area contributed by atoms with Crippen molar-refractivity contribution in [3.8, 4) is 11.5 Å². The van der Waals surface area contributed by atoms with Crippen molar-refractivity contribution < 1.29 is 23.0 Å². The highest BCUT2D eigenvalue weighted by Gasteiger charge is 2.43. The number of nitrogens with zero attached hydrogens (tertiary/aromatic N) is 2. The number of carbonyl (C=O) groups is 1. The van der Waals surface area contributed by atoms with Crippen LogP contribution in [-0.2, 0) is 11.3 Å². The van der Waals surface area contributed by atoms with E-state index in [9.17, 15) is 18.4 Å². The number of halogens is 2. The van der Waals surface area contributed by atoms with Crippen LogP contribution < -0.4 is 20.3 Å². The molecule has 0 saturated carbocycles. The summed E-state index contributed by atoms with van der Waals surface area (Å²) in [6.07, 6.45) is -1.69. The van der Waals surface area contributed by atoms with Gasteiger partial charge in [-0.05, 0) is 30.7 Å². The fourth-order valence-electron chi connectivity index (χ4n) is 2.93. The molecule has 0 unspecified atom stereocenters. The molecule has 1 aromatic heterocycles. The maximum atomic E-state index is 13.0. The number of hydrogen-bond acceptors (Lipinski definition) is 5. The number of benzene rings is 2. The number of alkyl halides is 2. The van der Waals surface area contributed by atoms with Crippen LogP contribution in [0.3, 0.4) is 0 Å². The number of carbonyl (C=O) groups excluding carboxylic acids is 1. The van der Waals surface area contributed by atoms with Crippen LogP contribution >= 0.6 is 0 Å². The van der Waals surface area contributed by atoms with Gasteiger partial charge in [0.05, 0.1) is 17.2 Å². The van der Waals surface area contributed by atoms with Gasteiger partial charge in [-0.3, -0.25) is 14.2 Å². The van der Waals surface area contributed by atoms with Crippen LogP contribution in [0.1, 0.15) is 12.8 Å². The molecular formula is C19H15F2N3O4. The van der Waals surface area contributed by atoms with Gasteiger partial charge in [-0.1, -0.05) is 12.1 Å². The maximum Gasteiger partial charge on any atom is 0.586 e. The first-order chi connectivity index (χ1) is 13.4. The maximum absolute atomic E-state index is 13.0. The molecule has 0 bridgehead atoms. The number of anilines is 1. The van der Waals surface area contributed by atoms with E-state index in [1.54, 1.807) is 24.3 Å². The third-order valence-corrected chi connectivity index (χ3v) is 4.22. The number of rotatable bonds is 5. The first-order valence-electron chi connectivity index (χ1n) is 8.55. The molecule has 0 saturated heterocycles. The number of aryl methyl sites for hydroxylation is 1. The van der Waals surface area contributed by atoms with Crippen LogP contribution in [0.5, 0.6) is 11.5 Å².